The van der Waals surface area contributed by atoms with Crippen molar-refractivity contribution in [3.8, 4) is 0 Å². The van der Waals surface area contributed by atoms with E-state index >= 15 is 0 Å². The van der Waals surface area contributed by atoms with Gasteiger partial charge in [0.05, 0.1) is 13.0 Å². The minimum atomic E-state index is -2.07. The predicted molar refractivity (Wildman–Crippen MR) is 71.8 cm³/mol. The zero-order chi connectivity index (χ0) is 14.5. The Labute approximate surface area is 115 Å². The van der Waals surface area contributed by atoms with E-state index in [9.17, 15) is 9.59 Å². The molecule has 0 spiro atoms. The number of nitrogens with zero attached hydrogens (tertiary/aromatic N) is 1. The Hall–Kier alpha value is -0.923. The predicted octanol–water partition coefficient (Wildman–Crippen LogP) is 0.763. The van der Waals surface area contributed by atoms with Crippen molar-refractivity contribution in [1.29, 1.82) is 0 Å². The summed E-state index contributed by atoms with van der Waals surface area (Å²) in [6.07, 6.45) is 1.08. The third kappa shape index (κ3) is 4.29. The average molecular weight is 289 g/mol. The molecule has 0 aromatic heterocycles. The maximum absolute atomic E-state index is 11.8. The molecule has 1 aliphatic heterocycles. The highest BCUT2D eigenvalue weighted by Crippen LogP contribution is 2.21. The SMILES string of the molecule is COC(=O)C1CC(=O)N(CCC[Si](C)(OC)OC)C1. The summed E-state index contributed by atoms with van der Waals surface area (Å²) < 4.78 is 15.5. The molecule has 1 rings (SSSR count). The number of methoxy groups -OCH3 is 1. The molecule has 0 aliphatic carbocycles. The maximum atomic E-state index is 11.8. The lowest BCUT2D eigenvalue weighted by Gasteiger charge is -2.24. The number of likely N-dealkylation sites (tertiary alicyclic amines) is 1. The van der Waals surface area contributed by atoms with Gasteiger partial charge in [-0.3, -0.25) is 9.59 Å². The van der Waals surface area contributed by atoms with E-state index in [1.54, 1.807) is 19.1 Å². The lowest BCUT2D eigenvalue weighted by atomic mass is 10.1. The minimum Gasteiger partial charge on any atom is -0.469 e. The van der Waals surface area contributed by atoms with Crippen LogP contribution >= 0.6 is 0 Å². The van der Waals surface area contributed by atoms with Gasteiger partial charge in [0.15, 0.2) is 0 Å². The number of hydrogen-bond acceptors (Lipinski definition) is 5. The topological polar surface area (TPSA) is 65.1 Å². The fourth-order valence-electron chi connectivity index (χ4n) is 2.19. The Balaban J connectivity index is 2.38. The second kappa shape index (κ2) is 7.02. The van der Waals surface area contributed by atoms with E-state index < -0.39 is 8.56 Å². The molecule has 0 radical (unpaired) electrons. The molecule has 0 N–H and O–H groups in total. The molecule has 6 nitrogen and oxygen atoms in total. The molecule has 7 heteroatoms. The molecule has 1 aliphatic rings. The zero-order valence-electron chi connectivity index (χ0n) is 12.1. The molecule has 1 saturated heterocycles. The minimum absolute atomic E-state index is 0.0219. The van der Waals surface area contributed by atoms with Crippen molar-refractivity contribution in [2.45, 2.75) is 25.4 Å². The lowest BCUT2D eigenvalue weighted by molar-refractivity contribution is -0.145. The first-order valence-corrected chi connectivity index (χ1v) is 8.94. The van der Waals surface area contributed by atoms with Gasteiger partial charge >= 0.3 is 14.5 Å². The zero-order valence-corrected chi connectivity index (χ0v) is 13.1. The summed E-state index contributed by atoms with van der Waals surface area (Å²) in [5, 5.41) is 0. The number of ether oxygens (including phenoxy) is 1. The number of esters is 1. The molecule has 1 unspecified atom stereocenters. The molecule has 1 heterocycles. The smallest absolute Gasteiger partial charge is 0.334 e. The first-order chi connectivity index (χ1) is 8.95. The normalized spacial score (nSPS) is 19.9. The standard InChI is InChI=1S/C12H23NO5Si/c1-16-12(15)10-8-11(14)13(9-10)6-5-7-19(4,17-2)18-3/h10H,5-9H2,1-4H3. The highest BCUT2D eigenvalue weighted by molar-refractivity contribution is 6.65. The van der Waals surface area contributed by atoms with Crippen LogP contribution in [0.15, 0.2) is 0 Å². The first kappa shape index (κ1) is 16.1. The van der Waals surface area contributed by atoms with Crippen molar-refractivity contribution in [2.24, 2.45) is 5.92 Å². The van der Waals surface area contributed by atoms with Crippen LogP contribution in [0.25, 0.3) is 0 Å². The Morgan fingerprint density at radius 3 is 2.53 bits per heavy atom. The quantitative estimate of drug-likeness (QED) is 0.511. The van der Waals surface area contributed by atoms with E-state index in [0.717, 1.165) is 12.5 Å². The fraction of sp³-hybridized carbons (Fsp3) is 0.833. The number of rotatable bonds is 7. The second-order valence-electron chi connectivity index (χ2n) is 4.91. The van der Waals surface area contributed by atoms with Crippen LogP contribution in [0.5, 0.6) is 0 Å². The van der Waals surface area contributed by atoms with Crippen LogP contribution in [0.1, 0.15) is 12.8 Å². The Kier molecular flexibility index (Phi) is 5.96. The molecule has 1 amide bonds. The highest BCUT2D eigenvalue weighted by atomic mass is 28.4. The molecule has 0 aromatic rings. The van der Waals surface area contributed by atoms with Gasteiger partial charge in [-0.1, -0.05) is 0 Å². The third-order valence-corrected chi connectivity index (χ3v) is 6.66. The van der Waals surface area contributed by atoms with Crippen molar-refractivity contribution >= 4 is 20.4 Å². The molecule has 0 aromatic carbocycles. The number of carbonyl (C=O) groups is 2. The van der Waals surface area contributed by atoms with Crippen molar-refractivity contribution < 1.29 is 23.2 Å². The van der Waals surface area contributed by atoms with Crippen molar-refractivity contribution in [2.75, 3.05) is 34.4 Å². The van der Waals surface area contributed by atoms with Crippen LogP contribution in [-0.2, 0) is 23.2 Å². The Morgan fingerprint density at radius 1 is 1.37 bits per heavy atom. The largest absolute Gasteiger partial charge is 0.469 e. The van der Waals surface area contributed by atoms with Crippen LogP contribution in [0.4, 0.5) is 0 Å². The number of carbonyl (C=O) groups excluding carboxylic acids is 2. The van der Waals surface area contributed by atoms with E-state index in [4.69, 9.17) is 8.85 Å². The second-order valence-corrected chi connectivity index (χ2v) is 8.49. The molecule has 1 fully saturated rings. The highest BCUT2D eigenvalue weighted by Gasteiger charge is 2.35. The average Bonchev–Trinajstić information content (AvgIpc) is 2.79. The lowest BCUT2D eigenvalue weighted by Crippen LogP contribution is -2.37. The van der Waals surface area contributed by atoms with Crippen LogP contribution in [0, 0.1) is 5.92 Å². The van der Waals surface area contributed by atoms with E-state index in [-0.39, 0.29) is 24.2 Å². The van der Waals surface area contributed by atoms with Crippen molar-refractivity contribution in [3.05, 3.63) is 0 Å². The number of amides is 1. The molecule has 0 saturated carbocycles. The number of hydrogen-bond donors (Lipinski definition) is 0. The summed E-state index contributed by atoms with van der Waals surface area (Å²) in [6.45, 7) is 3.10. The fourth-order valence-corrected chi connectivity index (χ4v) is 3.57. The van der Waals surface area contributed by atoms with Crippen LogP contribution in [-0.4, -0.2) is 59.8 Å². The molecular weight excluding hydrogens is 266 g/mol. The third-order valence-electron chi connectivity index (χ3n) is 3.67. The van der Waals surface area contributed by atoms with Gasteiger partial charge < -0.3 is 18.5 Å². The van der Waals surface area contributed by atoms with Gasteiger partial charge in [0.1, 0.15) is 0 Å². The van der Waals surface area contributed by atoms with Crippen LogP contribution in [0.3, 0.4) is 0 Å². The van der Waals surface area contributed by atoms with Crippen LogP contribution < -0.4 is 0 Å². The maximum Gasteiger partial charge on any atom is 0.334 e. The molecule has 19 heavy (non-hydrogen) atoms. The summed E-state index contributed by atoms with van der Waals surface area (Å²) in [5.74, 6) is -0.594. The van der Waals surface area contributed by atoms with Gasteiger partial charge in [-0.2, -0.15) is 0 Å². The van der Waals surface area contributed by atoms with Gasteiger partial charge in [0.25, 0.3) is 0 Å². The summed E-state index contributed by atoms with van der Waals surface area (Å²) in [7, 11) is 2.60. The molecule has 1 atom stereocenters. The van der Waals surface area contributed by atoms with Gasteiger partial charge in [0.2, 0.25) is 5.91 Å². The first-order valence-electron chi connectivity index (χ1n) is 6.41. The van der Waals surface area contributed by atoms with E-state index in [1.807, 2.05) is 6.55 Å². The molecule has 0 bridgehead atoms. The van der Waals surface area contributed by atoms with Crippen molar-refractivity contribution in [1.82, 2.24) is 4.90 Å². The monoisotopic (exact) mass is 289 g/mol. The van der Waals surface area contributed by atoms with E-state index in [0.29, 0.717) is 13.1 Å². The Bertz CT molecular complexity index is 332. The summed E-state index contributed by atoms with van der Waals surface area (Å²) >= 11 is 0. The van der Waals surface area contributed by atoms with E-state index in [1.165, 1.54) is 7.11 Å². The summed E-state index contributed by atoms with van der Waals surface area (Å²) in [6, 6.07) is 0.826. The van der Waals surface area contributed by atoms with Crippen LogP contribution in [0.2, 0.25) is 12.6 Å². The van der Waals surface area contributed by atoms with Gasteiger partial charge in [-0.05, 0) is 19.0 Å². The van der Waals surface area contributed by atoms with Gasteiger partial charge in [-0.25, -0.2) is 0 Å². The molecule has 110 valence electrons. The summed E-state index contributed by atoms with van der Waals surface area (Å²) in [5.41, 5.74) is 0. The molecular formula is C12H23NO5Si. The Morgan fingerprint density at radius 2 is 2.00 bits per heavy atom. The van der Waals surface area contributed by atoms with Gasteiger partial charge in [-0.15, -0.1) is 0 Å². The van der Waals surface area contributed by atoms with Crippen molar-refractivity contribution in [3.63, 3.8) is 0 Å². The summed E-state index contributed by atoms with van der Waals surface area (Å²) in [4.78, 5) is 24.9. The van der Waals surface area contributed by atoms with Gasteiger partial charge in [0, 0.05) is 33.7 Å². The van der Waals surface area contributed by atoms with E-state index in [2.05, 4.69) is 4.74 Å².